The summed E-state index contributed by atoms with van der Waals surface area (Å²) < 4.78 is 0. The lowest BCUT2D eigenvalue weighted by molar-refractivity contribution is -0.122. The zero-order chi connectivity index (χ0) is 12.1. The Morgan fingerprint density at radius 2 is 1.88 bits per heavy atom. The Kier molecular flexibility index (Phi) is 4.06. The fourth-order valence-corrected chi connectivity index (χ4v) is 2.81. The molecule has 1 aliphatic carbocycles. The smallest absolute Gasteiger partial charge is 0.221 e. The molecule has 1 amide bonds. The second kappa shape index (κ2) is 5.54. The Morgan fingerprint density at radius 1 is 1.24 bits per heavy atom. The fraction of sp³-hybridized carbons (Fsp3) is 0.500. The number of amides is 1. The van der Waals surface area contributed by atoms with Gasteiger partial charge in [-0.3, -0.25) is 4.79 Å². The van der Waals surface area contributed by atoms with Gasteiger partial charge in [-0.15, -0.1) is 11.6 Å². The lowest BCUT2D eigenvalue weighted by atomic mass is 9.88. The van der Waals surface area contributed by atoms with E-state index in [1.165, 1.54) is 18.4 Å². The average Bonchev–Trinajstić information content (AvgIpc) is 2.80. The summed E-state index contributed by atoms with van der Waals surface area (Å²) in [5, 5.41) is 3.19. The molecule has 0 aromatic heterocycles. The summed E-state index contributed by atoms with van der Waals surface area (Å²) in [6.45, 7) is 0. The first-order valence-corrected chi connectivity index (χ1v) is 6.73. The summed E-state index contributed by atoms with van der Waals surface area (Å²) >= 11 is 5.61. The van der Waals surface area contributed by atoms with Crippen LogP contribution in [0.25, 0.3) is 0 Å². The first-order chi connectivity index (χ1) is 8.27. The van der Waals surface area contributed by atoms with Crippen LogP contribution in [0.4, 0.5) is 0 Å². The molecule has 3 heteroatoms. The average molecular weight is 252 g/mol. The molecule has 0 unspecified atom stereocenters. The van der Waals surface area contributed by atoms with Crippen LogP contribution in [-0.2, 0) is 10.3 Å². The van der Waals surface area contributed by atoms with E-state index in [-0.39, 0.29) is 11.4 Å². The fourth-order valence-electron chi connectivity index (χ4n) is 2.64. The molecule has 1 aromatic carbocycles. The molecule has 0 spiro atoms. The highest BCUT2D eigenvalue weighted by molar-refractivity contribution is 6.18. The van der Waals surface area contributed by atoms with Gasteiger partial charge in [-0.1, -0.05) is 43.2 Å². The van der Waals surface area contributed by atoms with E-state index < -0.39 is 0 Å². The van der Waals surface area contributed by atoms with E-state index in [2.05, 4.69) is 17.4 Å². The molecular formula is C14H18ClNO. The van der Waals surface area contributed by atoms with Crippen molar-refractivity contribution >= 4 is 17.5 Å². The molecule has 2 rings (SSSR count). The van der Waals surface area contributed by atoms with Crippen LogP contribution in [0.5, 0.6) is 0 Å². The molecular weight excluding hydrogens is 234 g/mol. The molecule has 0 aliphatic heterocycles. The van der Waals surface area contributed by atoms with Crippen molar-refractivity contribution < 1.29 is 4.79 Å². The third kappa shape index (κ3) is 2.81. The number of hydrogen-bond acceptors (Lipinski definition) is 1. The molecule has 0 saturated heterocycles. The molecule has 1 fully saturated rings. The Labute approximate surface area is 107 Å². The summed E-state index contributed by atoms with van der Waals surface area (Å²) in [5.74, 6) is 0.447. The molecule has 1 saturated carbocycles. The van der Waals surface area contributed by atoms with Crippen molar-refractivity contribution in [2.24, 2.45) is 0 Å². The Balaban J connectivity index is 2.18. The Hall–Kier alpha value is -1.02. The molecule has 2 nitrogen and oxygen atoms in total. The molecule has 0 bridgehead atoms. The molecule has 0 heterocycles. The van der Waals surface area contributed by atoms with Crippen LogP contribution in [0, 0.1) is 0 Å². The van der Waals surface area contributed by atoms with E-state index in [0.29, 0.717) is 12.3 Å². The monoisotopic (exact) mass is 251 g/mol. The van der Waals surface area contributed by atoms with Crippen LogP contribution in [0.3, 0.4) is 0 Å². The molecule has 17 heavy (non-hydrogen) atoms. The number of carbonyl (C=O) groups excluding carboxylic acids is 1. The lowest BCUT2D eigenvalue weighted by Gasteiger charge is -2.31. The van der Waals surface area contributed by atoms with Crippen molar-refractivity contribution in [1.29, 1.82) is 0 Å². The minimum absolute atomic E-state index is 0.0609. The number of alkyl halides is 1. The van der Waals surface area contributed by atoms with Gasteiger partial charge in [-0.2, -0.15) is 0 Å². The van der Waals surface area contributed by atoms with Crippen LogP contribution < -0.4 is 5.32 Å². The second-order valence-corrected chi connectivity index (χ2v) is 5.02. The van der Waals surface area contributed by atoms with E-state index in [4.69, 9.17) is 11.6 Å². The highest BCUT2D eigenvalue weighted by atomic mass is 35.5. The minimum Gasteiger partial charge on any atom is -0.347 e. The number of rotatable bonds is 4. The van der Waals surface area contributed by atoms with Crippen molar-refractivity contribution in [3.8, 4) is 0 Å². The van der Waals surface area contributed by atoms with Crippen LogP contribution in [0.15, 0.2) is 30.3 Å². The predicted molar refractivity (Wildman–Crippen MR) is 70.1 cm³/mol. The predicted octanol–water partition coefficient (Wildman–Crippen LogP) is 3.20. The third-order valence-corrected chi connectivity index (χ3v) is 3.67. The summed E-state index contributed by atoms with van der Waals surface area (Å²) in [6.07, 6.45) is 4.82. The van der Waals surface area contributed by atoms with E-state index in [9.17, 15) is 4.79 Å². The molecule has 0 atom stereocenters. The quantitative estimate of drug-likeness (QED) is 0.818. The second-order valence-electron chi connectivity index (χ2n) is 4.64. The topological polar surface area (TPSA) is 29.1 Å². The molecule has 0 radical (unpaired) electrons. The van der Waals surface area contributed by atoms with Gasteiger partial charge in [0, 0.05) is 12.3 Å². The van der Waals surface area contributed by atoms with Gasteiger partial charge < -0.3 is 5.32 Å². The van der Waals surface area contributed by atoms with Crippen molar-refractivity contribution in [2.45, 2.75) is 37.6 Å². The lowest BCUT2D eigenvalue weighted by Crippen LogP contribution is -2.43. The third-order valence-electron chi connectivity index (χ3n) is 3.48. The van der Waals surface area contributed by atoms with E-state index in [1.54, 1.807) is 0 Å². The Morgan fingerprint density at radius 3 is 2.47 bits per heavy atom. The number of carbonyl (C=O) groups is 1. The number of halogens is 1. The number of nitrogens with one attached hydrogen (secondary N) is 1. The molecule has 1 aromatic rings. The van der Waals surface area contributed by atoms with E-state index in [0.717, 1.165) is 12.8 Å². The first-order valence-electron chi connectivity index (χ1n) is 6.19. The zero-order valence-electron chi connectivity index (χ0n) is 9.92. The van der Waals surface area contributed by atoms with Crippen LogP contribution >= 0.6 is 11.6 Å². The van der Waals surface area contributed by atoms with Crippen LogP contribution in [-0.4, -0.2) is 11.8 Å². The van der Waals surface area contributed by atoms with Crippen LogP contribution in [0.1, 0.15) is 37.7 Å². The van der Waals surface area contributed by atoms with Crippen LogP contribution in [0.2, 0.25) is 0 Å². The molecule has 1 N–H and O–H groups in total. The maximum atomic E-state index is 11.8. The first kappa shape index (κ1) is 12.4. The van der Waals surface area contributed by atoms with E-state index >= 15 is 0 Å². The van der Waals surface area contributed by atoms with E-state index in [1.807, 2.05) is 18.2 Å². The highest BCUT2D eigenvalue weighted by Crippen LogP contribution is 2.38. The highest BCUT2D eigenvalue weighted by Gasteiger charge is 2.36. The number of hydrogen-bond donors (Lipinski definition) is 1. The summed E-state index contributed by atoms with van der Waals surface area (Å²) in [6, 6.07) is 10.3. The van der Waals surface area contributed by atoms with Gasteiger partial charge in [-0.05, 0) is 18.4 Å². The largest absolute Gasteiger partial charge is 0.347 e. The van der Waals surface area contributed by atoms with Gasteiger partial charge in [0.25, 0.3) is 0 Å². The van der Waals surface area contributed by atoms with Crippen molar-refractivity contribution in [1.82, 2.24) is 5.32 Å². The van der Waals surface area contributed by atoms with Crippen molar-refractivity contribution in [3.05, 3.63) is 35.9 Å². The zero-order valence-corrected chi connectivity index (χ0v) is 10.7. The van der Waals surface area contributed by atoms with Gasteiger partial charge >= 0.3 is 0 Å². The maximum Gasteiger partial charge on any atom is 0.221 e. The number of benzene rings is 1. The van der Waals surface area contributed by atoms with Crippen molar-refractivity contribution in [2.75, 3.05) is 5.88 Å². The van der Waals surface area contributed by atoms with Gasteiger partial charge in [0.2, 0.25) is 5.91 Å². The molecule has 1 aliphatic rings. The van der Waals surface area contributed by atoms with Gasteiger partial charge in [0.15, 0.2) is 0 Å². The standard InChI is InChI=1S/C14H18ClNO/c15-11-8-13(17)16-14(9-4-5-10-14)12-6-2-1-3-7-12/h1-3,6-7H,4-5,8-11H2,(H,16,17). The molecule has 92 valence electrons. The van der Waals surface area contributed by atoms with Gasteiger partial charge in [-0.25, -0.2) is 0 Å². The summed E-state index contributed by atoms with van der Waals surface area (Å²) in [5.41, 5.74) is 1.07. The SMILES string of the molecule is O=C(CCCl)NC1(c2ccccc2)CCCC1. The van der Waals surface area contributed by atoms with Gasteiger partial charge in [0.05, 0.1) is 5.54 Å². The normalized spacial score (nSPS) is 17.9. The summed E-state index contributed by atoms with van der Waals surface area (Å²) in [4.78, 5) is 11.8. The van der Waals surface area contributed by atoms with Gasteiger partial charge in [0.1, 0.15) is 0 Å². The Bertz CT molecular complexity index is 371. The minimum atomic E-state index is -0.148. The summed E-state index contributed by atoms with van der Waals surface area (Å²) in [7, 11) is 0. The maximum absolute atomic E-state index is 11.8. The van der Waals surface area contributed by atoms with Crippen molar-refractivity contribution in [3.63, 3.8) is 0 Å².